The maximum Gasteiger partial charge on any atom is 0.173 e. The Morgan fingerprint density at radius 2 is 1.90 bits per heavy atom. The minimum atomic E-state index is -0.107. The fraction of sp³-hybridized carbons (Fsp3) is 0.304. The van der Waals surface area contributed by atoms with Crippen LogP contribution in [-0.4, -0.2) is 36.3 Å². The molecule has 0 radical (unpaired) electrons. The van der Waals surface area contributed by atoms with Crippen LogP contribution in [0.4, 0.5) is 0 Å². The minimum Gasteiger partial charge on any atom is -0.337 e. The van der Waals surface area contributed by atoms with Crippen LogP contribution < -0.4 is 5.32 Å². The highest BCUT2D eigenvalue weighted by atomic mass is 35.5. The predicted octanol–water partition coefficient (Wildman–Crippen LogP) is 3.96. The second-order valence-electron chi connectivity index (χ2n) is 7.71. The van der Waals surface area contributed by atoms with Gasteiger partial charge in [-0.3, -0.25) is 0 Å². The number of benzene rings is 2. The van der Waals surface area contributed by atoms with Gasteiger partial charge >= 0.3 is 0 Å². The van der Waals surface area contributed by atoms with Crippen LogP contribution in [0.3, 0.4) is 0 Å². The molecule has 7 nitrogen and oxygen atoms in total. The van der Waals surface area contributed by atoms with Crippen molar-refractivity contribution >= 4 is 11.6 Å². The van der Waals surface area contributed by atoms with Gasteiger partial charge in [-0.25, -0.2) is 9.67 Å². The summed E-state index contributed by atoms with van der Waals surface area (Å²) in [7, 11) is 0. The molecule has 31 heavy (non-hydrogen) atoms. The monoisotopic (exact) mass is 435 g/mol. The third kappa shape index (κ3) is 5.37. The first-order valence-corrected chi connectivity index (χ1v) is 10.7. The fourth-order valence-electron chi connectivity index (χ4n) is 3.52. The Morgan fingerprint density at radius 3 is 2.65 bits per heavy atom. The molecule has 0 amide bonds. The summed E-state index contributed by atoms with van der Waals surface area (Å²) in [5.41, 5.74) is 4.76. The normalized spacial score (nSPS) is 12.2. The first kappa shape index (κ1) is 21.2. The summed E-state index contributed by atoms with van der Waals surface area (Å²) in [6, 6.07) is 14.2. The summed E-state index contributed by atoms with van der Waals surface area (Å²) < 4.78 is 3.93. The number of nitrogens with zero attached hydrogens (tertiary/aromatic N) is 6. The standard InChI is InChI=1S/C23H26ClN7/c1-17-4-7-20(14-18(17)2)22(26-10-3-12-30-13-11-25-16-30)23-27-28-29-31(23)15-19-5-8-21(24)9-6-19/h4-9,11,13-14,16,22,26H,3,10,12,15H2,1-2H3. The number of nitrogens with one attached hydrogen (secondary N) is 1. The van der Waals surface area contributed by atoms with E-state index in [0.29, 0.717) is 11.6 Å². The SMILES string of the molecule is Cc1ccc(C(NCCCn2ccnc2)c2nnnn2Cc2ccc(Cl)cc2)cc1C. The Morgan fingerprint density at radius 1 is 1.06 bits per heavy atom. The van der Waals surface area contributed by atoms with Gasteiger partial charge in [-0.15, -0.1) is 5.10 Å². The van der Waals surface area contributed by atoms with Gasteiger partial charge in [-0.2, -0.15) is 0 Å². The number of hydrogen-bond donors (Lipinski definition) is 1. The van der Waals surface area contributed by atoms with Gasteiger partial charge in [0.15, 0.2) is 5.82 Å². The molecule has 0 saturated heterocycles. The topological polar surface area (TPSA) is 73.5 Å². The minimum absolute atomic E-state index is 0.107. The lowest BCUT2D eigenvalue weighted by molar-refractivity contribution is 0.502. The van der Waals surface area contributed by atoms with Crippen molar-refractivity contribution in [3.8, 4) is 0 Å². The van der Waals surface area contributed by atoms with Crippen LogP contribution in [0.1, 0.15) is 40.5 Å². The quantitative estimate of drug-likeness (QED) is 0.403. The molecule has 4 rings (SSSR count). The molecule has 0 saturated carbocycles. The van der Waals surface area contributed by atoms with Crippen molar-refractivity contribution in [2.24, 2.45) is 0 Å². The first-order valence-electron chi connectivity index (χ1n) is 10.4. The third-order valence-electron chi connectivity index (χ3n) is 5.43. The van der Waals surface area contributed by atoms with E-state index < -0.39 is 0 Å². The van der Waals surface area contributed by atoms with E-state index in [2.05, 4.69) is 62.4 Å². The molecule has 0 fully saturated rings. The maximum absolute atomic E-state index is 6.03. The van der Waals surface area contributed by atoms with Crippen LogP contribution in [0.2, 0.25) is 5.02 Å². The van der Waals surface area contributed by atoms with Crippen LogP contribution in [0, 0.1) is 13.8 Å². The molecule has 160 valence electrons. The lowest BCUT2D eigenvalue weighted by atomic mass is 10.00. The molecule has 1 N–H and O–H groups in total. The maximum atomic E-state index is 6.03. The molecule has 8 heteroatoms. The summed E-state index contributed by atoms with van der Waals surface area (Å²) in [6.07, 6.45) is 6.59. The zero-order chi connectivity index (χ0) is 21.6. The second kappa shape index (κ2) is 9.85. The van der Waals surface area contributed by atoms with Crippen LogP contribution >= 0.6 is 11.6 Å². The van der Waals surface area contributed by atoms with Gasteiger partial charge in [-0.1, -0.05) is 41.9 Å². The van der Waals surface area contributed by atoms with Crippen LogP contribution in [0.5, 0.6) is 0 Å². The van der Waals surface area contributed by atoms with E-state index in [1.54, 1.807) is 6.20 Å². The molecular formula is C23H26ClN7. The number of aromatic nitrogens is 6. The number of imidazole rings is 1. The summed E-state index contributed by atoms with van der Waals surface area (Å²) in [4.78, 5) is 4.10. The van der Waals surface area contributed by atoms with E-state index in [0.717, 1.165) is 36.5 Å². The lowest BCUT2D eigenvalue weighted by Gasteiger charge is -2.20. The van der Waals surface area contributed by atoms with Gasteiger partial charge in [0, 0.05) is 24.0 Å². The van der Waals surface area contributed by atoms with Crippen LogP contribution in [0.15, 0.2) is 61.2 Å². The summed E-state index contributed by atoms with van der Waals surface area (Å²) >= 11 is 6.03. The van der Waals surface area contributed by atoms with Crippen molar-refractivity contribution in [1.29, 1.82) is 0 Å². The van der Waals surface area contributed by atoms with Crippen molar-refractivity contribution in [2.45, 2.75) is 39.4 Å². The molecule has 4 aromatic rings. The van der Waals surface area contributed by atoms with E-state index in [1.807, 2.05) is 41.5 Å². The van der Waals surface area contributed by atoms with Crippen molar-refractivity contribution in [3.63, 3.8) is 0 Å². The Labute approximate surface area is 187 Å². The second-order valence-corrected chi connectivity index (χ2v) is 8.14. The van der Waals surface area contributed by atoms with Crippen LogP contribution in [-0.2, 0) is 13.1 Å². The lowest BCUT2D eigenvalue weighted by Crippen LogP contribution is -2.28. The predicted molar refractivity (Wildman–Crippen MR) is 121 cm³/mol. The summed E-state index contributed by atoms with van der Waals surface area (Å²) in [5.74, 6) is 0.792. The van der Waals surface area contributed by atoms with E-state index >= 15 is 0 Å². The van der Waals surface area contributed by atoms with Crippen LogP contribution in [0.25, 0.3) is 0 Å². The molecular weight excluding hydrogens is 410 g/mol. The summed E-state index contributed by atoms with van der Waals surface area (Å²) in [5, 5.41) is 17.0. The van der Waals surface area contributed by atoms with Gasteiger partial charge < -0.3 is 9.88 Å². The van der Waals surface area contributed by atoms with E-state index in [1.165, 1.54) is 11.1 Å². The number of aryl methyl sites for hydroxylation is 3. The third-order valence-corrected chi connectivity index (χ3v) is 5.68. The zero-order valence-electron chi connectivity index (χ0n) is 17.7. The average Bonchev–Trinajstić information content (AvgIpc) is 3.44. The molecule has 0 spiro atoms. The van der Waals surface area contributed by atoms with Crippen molar-refractivity contribution < 1.29 is 0 Å². The van der Waals surface area contributed by atoms with Crippen molar-refractivity contribution in [2.75, 3.05) is 6.54 Å². The zero-order valence-corrected chi connectivity index (χ0v) is 18.5. The number of halogens is 1. The summed E-state index contributed by atoms with van der Waals surface area (Å²) in [6.45, 7) is 6.56. The van der Waals surface area contributed by atoms with Gasteiger partial charge in [0.05, 0.1) is 18.9 Å². The molecule has 1 unspecified atom stereocenters. The van der Waals surface area contributed by atoms with Gasteiger partial charge in [0.2, 0.25) is 0 Å². The average molecular weight is 436 g/mol. The van der Waals surface area contributed by atoms with Gasteiger partial charge in [0.1, 0.15) is 0 Å². The van der Waals surface area contributed by atoms with E-state index in [9.17, 15) is 0 Å². The Hall–Kier alpha value is -3.03. The van der Waals surface area contributed by atoms with Gasteiger partial charge in [-0.05, 0) is 71.6 Å². The number of hydrogen-bond acceptors (Lipinski definition) is 5. The Bertz CT molecular complexity index is 1100. The molecule has 0 bridgehead atoms. The highest BCUT2D eigenvalue weighted by molar-refractivity contribution is 6.30. The number of tetrazole rings is 1. The Kier molecular flexibility index (Phi) is 6.74. The molecule has 2 heterocycles. The highest BCUT2D eigenvalue weighted by Gasteiger charge is 2.21. The van der Waals surface area contributed by atoms with Gasteiger partial charge in [0.25, 0.3) is 0 Å². The van der Waals surface area contributed by atoms with Crippen molar-refractivity contribution in [1.82, 2.24) is 35.1 Å². The largest absolute Gasteiger partial charge is 0.337 e. The smallest absolute Gasteiger partial charge is 0.173 e. The first-order chi connectivity index (χ1) is 15.1. The molecule has 0 aliphatic rings. The van der Waals surface area contributed by atoms with Crippen molar-refractivity contribution in [3.05, 3.63) is 94.3 Å². The molecule has 2 aromatic carbocycles. The number of rotatable bonds is 9. The molecule has 0 aliphatic carbocycles. The Balaban J connectivity index is 1.55. The highest BCUT2D eigenvalue weighted by Crippen LogP contribution is 2.23. The fourth-order valence-corrected chi connectivity index (χ4v) is 3.65. The van der Waals surface area contributed by atoms with E-state index in [-0.39, 0.29) is 6.04 Å². The molecule has 0 aliphatic heterocycles. The molecule has 1 atom stereocenters. The van der Waals surface area contributed by atoms with E-state index in [4.69, 9.17) is 11.6 Å². The molecule has 2 aromatic heterocycles.